The van der Waals surface area contributed by atoms with Gasteiger partial charge in [0.1, 0.15) is 17.2 Å². The number of aliphatic hydroxyl groups excluding tert-OH is 2. The van der Waals surface area contributed by atoms with E-state index in [4.69, 9.17) is 41.1 Å². The zero-order chi connectivity index (χ0) is 26.1. The van der Waals surface area contributed by atoms with Crippen LogP contribution in [0, 0.1) is 0 Å². The molecular weight excluding hydrogens is 472 g/mol. The van der Waals surface area contributed by atoms with Gasteiger partial charge < -0.3 is 29.5 Å². The third-order valence-electron chi connectivity index (χ3n) is 4.02. The van der Waals surface area contributed by atoms with Gasteiger partial charge in [-0.25, -0.2) is 4.79 Å². The molecule has 0 saturated heterocycles. The lowest BCUT2D eigenvalue weighted by Crippen LogP contribution is -2.09. The molecule has 0 aliphatic rings. The van der Waals surface area contributed by atoms with Gasteiger partial charge in [-0.05, 0) is 68.8 Å². The van der Waals surface area contributed by atoms with Gasteiger partial charge in [-0.3, -0.25) is 0 Å². The molecule has 8 heteroatoms. The summed E-state index contributed by atoms with van der Waals surface area (Å²) in [5.74, 6) is 1.01. The number of esters is 1. The Bertz CT molecular complexity index is 961. The minimum absolute atomic E-state index is 0.148. The van der Waals surface area contributed by atoms with Crippen LogP contribution >= 0.6 is 11.6 Å². The van der Waals surface area contributed by atoms with Crippen LogP contribution in [-0.4, -0.2) is 40.5 Å². The molecule has 3 aromatic rings. The molecule has 0 heterocycles. The van der Waals surface area contributed by atoms with Crippen LogP contribution in [0.15, 0.2) is 78.9 Å². The van der Waals surface area contributed by atoms with Crippen LogP contribution in [0.25, 0.3) is 0 Å². The second-order valence-corrected chi connectivity index (χ2v) is 7.62. The number of para-hydroxylation sites is 2. The Morgan fingerprint density at radius 2 is 1.43 bits per heavy atom. The van der Waals surface area contributed by atoms with Crippen LogP contribution in [0.4, 0.5) is 0 Å². The van der Waals surface area contributed by atoms with Crippen LogP contribution in [0.5, 0.6) is 17.2 Å². The first-order valence-electron chi connectivity index (χ1n) is 11.2. The Morgan fingerprint density at radius 1 is 0.857 bits per heavy atom. The van der Waals surface area contributed by atoms with Gasteiger partial charge in [0.05, 0.1) is 17.2 Å². The van der Waals surface area contributed by atoms with Crippen molar-refractivity contribution in [3.8, 4) is 17.2 Å². The summed E-state index contributed by atoms with van der Waals surface area (Å²) in [5.41, 5.74) is 0.471. The van der Waals surface area contributed by atoms with Crippen molar-refractivity contribution in [3.63, 3.8) is 0 Å². The van der Waals surface area contributed by atoms with Crippen molar-refractivity contribution in [3.05, 3.63) is 89.4 Å². The normalized spacial score (nSPS) is 11.5. The third kappa shape index (κ3) is 13.9. The summed E-state index contributed by atoms with van der Waals surface area (Å²) in [5, 5.41) is 27.1. The Kier molecular flexibility index (Phi) is 14.6. The predicted molar refractivity (Wildman–Crippen MR) is 136 cm³/mol. The van der Waals surface area contributed by atoms with E-state index < -0.39 is 12.6 Å². The van der Waals surface area contributed by atoms with E-state index >= 15 is 0 Å². The predicted octanol–water partition coefficient (Wildman–Crippen LogP) is 5.81. The highest BCUT2D eigenvalue weighted by atomic mass is 35.5. The van der Waals surface area contributed by atoms with Crippen LogP contribution in [0.3, 0.4) is 0 Å². The number of ether oxygens (including phenoxy) is 3. The van der Waals surface area contributed by atoms with Gasteiger partial charge >= 0.3 is 5.97 Å². The first-order valence-corrected chi connectivity index (χ1v) is 11.6. The molecule has 0 saturated carbocycles. The summed E-state index contributed by atoms with van der Waals surface area (Å²) in [6.45, 7) is 5.60. The van der Waals surface area contributed by atoms with Gasteiger partial charge in [0.25, 0.3) is 0 Å². The molecule has 2 atom stereocenters. The number of phenols is 1. The summed E-state index contributed by atoms with van der Waals surface area (Å²) in [6, 6.07) is 22.2. The highest BCUT2D eigenvalue weighted by Gasteiger charge is 2.05. The van der Waals surface area contributed by atoms with Gasteiger partial charge in [0, 0.05) is 0 Å². The first kappa shape index (κ1) is 29.8. The van der Waals surface area contributed by atoms with Crippen LogP contribution in [0.2, 0.25) is 5.02 Å². The van der Waals surface area contributed by atoms with E-state index in [1.165, 1.54) is 19.1 Å². The Hall–Kier alpha value is -3.26. The van der Waals surface area contributed by atoms with Gasteiger partial charge in [0.15, 0.2) is 12.6 Å². The molecular formula is C27H33ClO7. The number of carbonyl (C=O) groups is 1. The van der Waals surface area contributed by atoms with E-state index in [1.807, 2.05) is 25.1 Å². The summed E-state index contributed by atoms with van der Waals surface area (Å²) < 4.78 is 14.9. The number of rotatable bonds is 8. The van der Waals surface area contributed by atoms with Gasteiger partial charge in [0.2, 0.25) is 0 Å². The molecule has 0 aromatic heterocycles. The van der Waals surface area contributed by atoms with Crippen molar-refractivity contribution < 1.29 is 34.3 Å². The van der Waals surface area contributed by atoms with Crippen molar-refractivity contribution in [1.29, 1.82) is 0 Å². The van der Waals surface area contributed by atoms with E-state index in [-0.39, 0.29) is 11.7 Å². The molecule has 0 aliphatic heterocycles. The minimum Gasteiger partial charge on any atom is -0.508 e. The van der Waals surface area contributed by atoms with Crippen molar-refractivity contribution in [2.75, 3.05) is 6.61 Å². The number of carbonyl (C=O) groups excluding carboxylic acids is 1. The van der Waals surface area contributed by atoms with E-state index in [2.05, 4.69) is 0 Å². The molecule has 3 N–H and O–H groups in total. The molecule has 3 aromatic carbocycles. The summed E-state index contributed by atoms with van der Waals surface area (Å²) >= 11 is 5.73. The van der Waals surface area contributed by atoms with Crippen molar-refractivity contribution >= 4 is 17.6 Å². The minimum atomic E-state index is -0.824. The smallest absolute Gasteiger partial charge is 0.338 e. The van der Waals surface area contributed by atoms with Crippen molar-refractivity contribution in [1.82, 2.24) is 0 Å². The molecule has 0 fully saturated rings. The molecule has 0 spiro atoms. The maximum absolute atomic E-state index is 11.3. The molecule has 0 amide bonds. The molecule has 190 valence electrons. The molecule has 0 radical (unpaired) electrons. The lowest BCUT2D eigenvalue weighted by molar-refractivity contribution is -0.000840. The van der Waals surface area contributed by atoms with Gasteiger partial charge in [-0.15, -0.1) is 0 Å². The molecule has 3 rings (SSSR count). The van der Waals surface area contributed by atoms with E-state index in [0.29, 0.717) is 28.7 Å². The Labute approximate surface area is 211 Å². The first-order chi connectivity index (χ1) is 16.7. The number of phenolic OH excluding ortho intramolecular Hbond substituents is 1. The number of unbranched alkanes of at least 4 members (excludes halogenated alkanes) is 1. The highest BCUT2D eigenvalue weighted by Crippen LogP contribution is 2.23. The topological polar surface area (TPSA) is 105 Å². The molecule has 35 heavy (non-hydrogen) atoms. The second-order valence-electron chi connectivity index (χ2n) is 7.21. The standard InChI is InChI=1S/C11H14O3.C8H9ClO2.C8H10O2/c1-2-3-8-14-11(13)9-4-6-10(12)7-5-9;1-6(10)11-8-5-3-2-4-7(8)9;1-7(9)10-8-5-3-2-4-6-8/h4-7,12H,2-3,8H2,1H3;2-6,10H,1H3;2-7,9H,1H3. The Balaban J connectivity index is 0.000000267. The molecule has 0 bridgehead atoms. The van der Waals surface area contributed by atoms with Crippen molar-refractivity contribution in [2.24, 2.45) is 0 Å². The number of hydrogen-bond donors (Lipinski definition) is 3. The third-order valence-corrected chi connectivity index (χ3v) is 4.33. The lowest BCUT2D eigenvalue weighted by Gasteiger charge is -2.08. The summed E-state index contributed by atoms with van der Waals surface area (Å²) in [4.78, 5) is 11.3. The SMILES string of the molecule is CC(O)Oc1ccccc1.CC(O)Oc1ccccc1Cl.CCCCOC(=O)c1ccc(O)cc1. The zero-order valence-corrected chi connectivity index (χ0v) is 20.9. The lowest BCUT2D eigenvalue weighted by atomic mass is 10.2. The maximum atomic E-state index is 11.3. The molecule has 2 unspecified atom stereocenters. The van der Waals surface area contributed by atoms with E-state index in [0.717, 1.165) is 12.8 Å². The fourth-order valence-electron chi connectivity index (χ4n) is 2.41. The average Bonchev–Trinajstić information content (AvgIpc) is 2.82. The molecule has 0 aliphatic carbocycles. The zero-order valence-electron chi connectivity index (χ0n) is 20.1. The van der Waals surface area contributed by atoms with Crippen LogP contribution in [0.1, 0.15) is 44.0 Å². The summed E-state index contributed by atoms with van der Waals surface area (Å²) in [7, 11) is 0. The van der Waals surface area contributed by atoms with Crippen molar-refractivity contribution in [2.45, 2.75) is 46.2 Å². The number of aromatic hydroxyl groups is 1. The van der Waals surface area contributed by atoms with Crippen LogP contribution < -0.4 is 9.47 Å². The quantitative estimate of drug-likeness (QED) is 0.202. The number of hydrogen-bond acceptors (Lipinski definition) is 7. The van der Waals surface area contributed by atoms with E-state index in [1.54, 1.807) is 55.5 Å². The fourth-order valence-corrected chi connectivity index (χ4v) is 2.59. The summed E-state index contributed by atoms with van der Waals surface area (Å²) in [6.07, 6.45) is 0.324. The number of aliphatic hydroxyl groups is 2. The second kappa shape index (κ2) is 17.2. The van der Waals surface area contributed by atoms with E-state index in [9.17, 15) is 4.79 Å². The van der Waals surface area contributed by atoms with Gasteiger partial charge in [-0.1, -0.05) is 55.3 Å². The number of benzene rings is 3. The fraction of sp³-hybridized carbons (Fsp3) is 0.296. The van der Waals surface area contributed by atoms with Crippen LogP contribution in [-0.2, 0) is 4.74 Å². The molecule has 7 nitrogen and oxygen atoms in total. The average molecular weight is 505 g/mol. The highest BCUT2D eigenvalue weighted by molar-refractivity contribution is 6.32. The Morgan fingerprint density at radius 3 is 1.97 bits per heavy atom. The van der Waals surface area contributed by atoms with Gasteiger partial charge in [-0.2, -0.15) is 0 Å². The number of halogens is 1. The monoisotopic (exact) mass is 504 g/mol. The largest absolute Gasteiger partial charge is 0.508 e. The maximum Gasteiger partial charge on any atom is 0.338 e.